The molecule has 1 aromatic carbocycles. The number of benzene rings is 1. The van der Waals surface area contributed by atoms with E-state index in [2.05, 4.69) is 58.9 Å². The summed E-state index contributed by atoms with van der Waals surface area (Å²) >= 11 is 1.47. The van der Waals surface area contributed by atoms with Gasteiger partial charge in [-0.05, 0) is 31.7 Å². The molecule has 0 saturated carbocycles. The topological polar surface area (TPSA) is 37.8 Å². The van der Waals surface area contributed by atoms with Gasteiger partial charge in [0.25, 0.3) is 0 Å². The highest BCUT2D eigenvalue weighted by Crippen LogP contribution is 2.15. The fraction of sp³-hybridized carbons (Fsp3) is 0.467. The van der Waals surface area contributed by atoms with Crippen molar-refractivity contribution in [2.45, 2.75) is 45.6 Å². The van der Waals surface area contributed by atoms with Crippen LogP contribution in [-0.4, -0.2) is 15.4 Å². The Bertz CT molecular complexity index is 481. The smallest absolute Gasteiger partial charge is 0.202 e. The fourth-order valence-electron chi connectivity index (χ4n) is 1.95. The van der Waals surface area contributed by atoms with Crippen molar-refractivity contribution in [3.63, 3.8) is 0 Å². The van der Waals surface area contributed by atoms with Gasteiger partial charge in [0.05, 0.1) is 0 Å². The highest BCUT2D eigenvalue weighted by atomic mass is 32.1. The molecule has 102 valence electrons. The number of nitrogens with one attached hydrogen (secondary N) is 1. The van der Waals surface area contributed by atoms with E-state index in [-0.39, 0.29) is 0 Å². The molecule has 0 fully saturated rings. The lowest BCUT2D eigenvalue weighted by molar-refractivity contribution is 0.704. The lowest BCUT2D eigenvalue weighted by Gasteiger charge is -2.12. The van der Waals surface area contributed by atoms with Gasteiger partial charge in [-0.25, -0.2) is 4.98 Å². The van der Waals surface area contributed by atoms with Crippen LogP contribution in [-0.2, 0) is 12.8 Å². The molecule has 0 aliphatic rings. The van der Waals surface area contributed by atoms with E-state index in [1.54, 1.807) is 0 Å². The van der Waals surface area contributed by atoms with Gasteiger partial charge in [0.1, 0.15) is 5.82 Å². The van der Waals surface area contributed by atoms with Crippen LogP contribution in [0.25, 0.3) is 0 Å². The average molecular weight is 275 g/mol. The van der Waals surface area contributed by atoms with Crippen LogP contribution >= 0.6 is 11.5 Å². The molecule has 0 aliphatic carbocycles. The third-order valence-electron chi connectivity index (χ3n) is 3.02. The van der Waals surface area contributed by atoms with Crippen molar-refractivity contribution >= 4 is 16.7 Å². The van der Waals surface area contributed by atoms with E-state index in [0.717, 1.165) is 36.6 Å². The normalized spacial score (nSPS) is 12.3. The summed E-state index contributed by atoms with van der Waals surface area (Å²) in [6.45, 7) is 4.35. The van der Waals surface area contributed by atoms with Gasteiger partial charge in [-0.15, -0.1) is 0 Å². The van der Waals surface area contributed by atoms with E-state index in [4.69, 9.17) is 0 Å². The first kappa shape index (κ1) is 14.0. The molecule has 0 spiro atoms. The molecular formula is C15H21N3S. The van der Waals surface area contributed by atoms with Crippen LogP contribution in [0.3, 0.4) is 0 Å². The van der Waals surface area contributed by atoms with E-state index < -0.39 is 0 Å². The minimum absolute atomic E-state index is 0.419. The molecule has 2 aromatic rings. The summed E-state index contributed by atoms with van der Waals surface area (Å²) in [7, 11) is 0. The quantitative estimate of drug-likeness (QED) is 0.832. The Kier molecular flexibility index (Phi) is 5.33. The van der Waals surface area contributed by atoms with Gasteiger partial charge in [0.15, 0.2) is 0 Å². The third-order valence-corrected chi connectivity index (χ3v) is 3.70. The SMILES string of the molecule is CCCc1nsc(NC(C)CCc2ccccc2)n1. The highest BCUT2D eigenvalue weighted by molar-refractivity contribution is 7.09. The van der Waals surface area contributed by atoms with Gasteiger partial charge in [0.2, 0.25) is 5.13 Å². The lowest BCUT2D eigenvalue weighted by Crippen LogP contribution is -2.15. The minimum Gasteiger partial charge on any atom is -0.358 e. The molecular weight excluding hydrogens is 254 g/mol. The Morgan fingerprint density at radius 1 is 1.21 bits per heavy atom. The maximum Gasteiger partial charge on any atom is 0.202 e. The fourth-order valence-corrected chi connectivity index (χ4v) is 2.67. The first-order valence-electron chi connectivity index (χ1n) is 6.91. The Morgan fingerprint density at radius 2 is 2.00 bits per heavy atom. The highest BCUT2D eigenvalue weighted by Gasteiger charge is 2.07. The van der Waals surface area contributed by atoms with Crippen molar-refractivity contribution < 1.29 is 0 Å². The first-order chi connectivity index (χ1) is 9.28. The Labute approximate surface area is 119 Å². The maximum atomic E-state index is 4.49. The molecule has 1 heterocycles. The van der Waals surface area contributed by atoms with Crippen molar-refractivity contribution in [2.75, 3.05) is 5.32 Å². The van der Waals surface area contributed by atoms with Crippen LogP contribution in [0.2, 0.25) is 0 Å². The lowest BCUT2D eigenvalue weighted by atomic mass is 10.1. The zero-order valence-electron chi connectivity index (χ0n) is 11.6. The largest absolute Gasteiger partial charge is 0.358 e. The zero-order valence-corrected chi connectivity index (χ0v) is 12.4. The van der Waals surface area contributed by atoms with Crippen LogP contribution in [0.4, 0.5) is 5.13 Å². The van der Waals surface area contributed by atoms with Gasteiger partial charge in [-0.2, -0.15) is 4.37 Å². The summed E-state index contributed by atoms with van der Waals surface area (Å²) in [6.07, 6.45) is 4.26. The molecule has 0 amide bonds. The summed E-state index contributed by atoms with van der Waals surface area (Å²) in [4.78, 5) is 4.49. The van der Waals surface area contributed by atoms with Crippen LogP contribution in [0.1, 0.15) is 38.1 Å². The average Bonchev–Trinajstić information content (AvgIpc) is 2.85. The van der Waals surface area contributed by atoms with E-state index >= 15 is 0 Å². The van der Waals surface area contributed by atoms with Gasteiger partial charge in [0, 0.05) is 24.0 Å². The molecule has 1 N–H and O–H groups in total. The third kappa shape index (κ3) is 4.63. The molecule has 1 aromatic heterocycles. The molecule has 2 rings (SSSR count). The van der Waals surface area contributed by atoms with Gasteiger partial charge in [-0.3, -0.25) is 0 Å². The number of rotatable bonds is 7. The standard InChI is InChI=1S/C15H21N3S/c1-3-7-14-17-15(19-18-14)16-12(2)10-11-13-8-5-4-6-9-13/h4-6,8-9,12H,3,7,10-11H2,1-2H3,(H,16,17,18). The summed E-state index contributed by atoms with van der Waals surface area (Å²) in [5.41, 5.74) is 1.39. The molecule has 0 aliphatic heterocycles. The Morgan fingerprint density at radius 3 is 2.74 bits per heavy atom. The molecule has 1 unspecified atom stereocenters. The second-order valence-electron chi connectivity index (χ2n) is 4.84. The second kappa shape index (κ2) is 7.24. The predicted octanol–water partition coefficient (Wildman–Crippen LogP) is 3.92. The molecule has 3 nitrogen and oxygen atoms in total. The summed E-state index contributed by atoms with van der Waals surface area (Å²) in [6, 6.07) is 11.0. The van der Waals surface area contributed by atoms with Gasteiger partial charge >= 0.3 is 0 Å². The van der Waals surface area contributed by atoms with Crippen molar-refractivity contribution in [3.05, 3.63) is 41.7 Å². The predicted molar refractivity (Wildman–Crippen MR) is 81.8 cm³/mol. The Balaban J connectivity index is 1.78. The number of nitrogens with zero attached hydrogens (tertiary/aromatic N) is 2. The van der Waals surface area contributed by atoms with E-state index in [0.29, 0.717) is 6.04 Å². The second-order valence-corrected chi connectivity index (χ2v) is 5.59. The van der Waals surface area contributed by atoms with Crippen molar-refractivity contribution in [3.8, 4) is 0 Å². The number of aromatic nitrogens is 2. The summed E-state index contributed by atoms with van der Waals surface area (Å²) in [5, 5.41) is 4.38. The zero-order chi connectivity index (χ0) is 13.5. The molecule has 0 saturated heterocycles. The van der Waals surface area contributed by atoms with Crippen LogP contribution in [0.5, 0.6) is 0 Å². The maximum absolute atomic E-state index is 4.49. The van der Waals surface area contributed by atoms with E-state index in [1.165, 1.54) is 17.1 Å². The molecule has 1 atom stereocenters. The molecule has 0 bridgehead atoms. The number of hydrogen-bond donors (Lipinski definition) is 1. The van der Waals surface area contributed by atoms with Gasteiger partial charge in [-0.1, -0.05) is 37.3 Å². The number of aryl methyl sites for hydroxylation is 2. The van der Waals surface area contributed by atoms with Crippen LogP contribution in [0.15, 0.2) is 30.3 Å². The summed E-state index contributed by atoms with van der Waals surface area (Å²) < 4.78 is 4.35. The minimum atomic E-state index is 0.419. The first-order valence-corrected chi connectivity index (χ1v) is 7.68. The molecule has 4 heteroatoms. The van der Waals surface area contributed by atoms with Crippen molar-refractivity contribution in [1.29, 1.82) is 0 Å². The summed E-state index contributed by atoms with van der Waals surface area (Å²) in [5.74, 6) is 0.963. The van der Waals surface area contributed by atoms with E-state index in [1.807, 2.05) is 0 Å². The van der Waals surface area contributed by atoms with Crippen molar-refractivity contribution in [1.82, 2.24) is 9.36 Å². The van der Waals surface area contributed by atoms with Crippen molar-refractivity contribution in [2.24, 2.45) is 0 Å². The Hall–Kier alpha value is -1.42. The van der Waals surface area contributed by atoms with Gasteiger partial charge < -0.3 is 5.32 Å². The number of anilines is 1. The molecule has 0 radical (unpaired) electrons. The molecule has 19 heavy (non-hydrogen) atoms. The number of hydrogen-bond acceptors (Lipinski definition) is 4. The van der Waals surface area contributed by atoms with E-state index in [9.17, 15) is 0 Å². The van der Waals surface area contributed by atoms with Crippen LogP contribution < -0.4 is 5.32 Å². The van der Waals surface area contributed by atoms with Crippen LogP contribution in [0, 0.1) is 0 Å². The monoisotopic (exact) mass is 275 g/mol.